The molecule has 2 aliphatic heterocycles. The molecule has 4 rings (SSSR count). The smallest absolute Gasteiger partial charge is 0.267 e. The van der Waals surface area contributed by atoms with Crippen molar-refractivity contribution in [3.8, 4) is 11.5 Å². The van der Waals surface area contributed by atoms with Gasteiger partial charge in [-0.05, 0) is 31.4 Å². The number of nitrogens with zero attached hydrogens (tertiary/aromatic N) is 2. The topological polar surface area (TPSA) is 67.5 Å². The van der Waals surface area contributed by atoms with Crippen LogP contribution in [-0.4, -0.2) is 40.3 Å². The third-order valence-electron chi connectivity index (χ3n) is 4.47. The van der Waals surface area contributed by atoms with Crippen LogP contribution in [0.2, 0.25) is 0 Å². The first kappa shape index (κ1) is 14.1. The molecule has 1 amide bonds. The molecule has 2 aliphatic rings. The first-order valence-electron chi connectivity index (χ1n) is 8.00. The number of carbonyl (C=O) groups excluding carboxylic acids is 1. The Labute approximate surface area is 134 Å². The molecule has 1 aromatic heterocycles. The van der Waals surface area contributed by atoms with E-state index in [2.05, 4.69) is 10.2 Å². The Hall–Kier alpha value is -2.50. The molecule has 23 heavy (non-hydrogen) atoms. The number of para-hydroxylation sites is 2. The predicted molar refractivity (Wildman–Crippen MR) is 83.2 cm³/mol. The molecule has 3 heterocycles. The molecule has 2 aromatic rings. The predicted octanol–water partition coefficient (Wildman–Crippen LogP) is 2.30. The molecule has 1 aromatic carbocycles. The second-order valence-corrected chi connectivity index (χ2v) is 5.94. The number of piperidine rings is 1. The Morgan fingerprint density at radius 1 is 1.26 bits per heavy atom. The number of aromatic amines is 1. The van der Waals surface area contributed by atoms with Crippen molar-refractivity contribution in [3.05, 3.63) is 42.2 Å². The van der Waals surface area contributed by atoms with E-state index < -0.39 is 6.10 Å². The summed E-state index contributed by atoms with van der Waals surface area (Å²) in [6.07, 6.45) is 6.16. The van der Waals surface area contributed by atoms with Crippen LogP contribution in [0.15, 0.2) is 36.7 Å². The zero-order valence-corrected chi connectivity index (χ0v) is 12.8. The van der Waals surface area contributed by atoms with Crippen LogP contribution in [0.5, 0.6) is 11.5 Å². The highest BCUT2D eigenvalue weighted by molar-refractivity contribution is 5.82. The average Bonchev–Trinajstić information content (AvgIpc) is 3.15. The van der Waals surface area contributed by atoms with Crippen LogP contribution in [0.3, 0.4) is 0 Å². The molecule has 0 bridgehead atoms. The quantitative estimate of drug-likeness (QED) is 0.924. The summed E-state index contributed by atoms with van der Waals surface area (Å²) in [4.78, 5) is 14.9. The van der Waals surface area contributed by atoms with Gasteiger partial charge in [0, 0.05) is 18.3 Å². The molecule has 2 unspecified atom stereocenters. The maximum absolute atomic E-state index is 13.0. The monoisotopic (exact) mass is 313 g/mol. The maximum Gasteiger partial charge on any atom is 0.267 e. The number of H-pyrrole nitrogens is 1. The highest BCUT2D eigenvalue weighted by Gasteiger charge is 2.36. The van der Waals surface area contributed by atoms with Crippen molar-refractivity contribution in [1.29, 1.82) is 0 Å². The minimum absolute atomic E-state index is 0.00889. The highest BCUT2D eigenvalue weighted by Crippen LogP contribution is 2.34. The van der Waals surface area contributed by atoms with Crippen LogP contribution in [-0.2, 0) is 4.79 Å². The molecule has 120 valence electrons. The van der Waals surface area contributed by atoms with Gasteiger partial charge in [-0.2, -0.15) is 5.10 Å². The maximum atomic E-state index is 13.0. The minimum atomic E-state index is -0.586. The molecule has 0 aliphatic carbocycles. The zero-order chi connectivity index (χ0) is 15.6. The first-order chi connectivity index (χ1) is 11.3. The fourth-order valence-electron chi connectivity index (χ4n) is 3.31. The van der Waals surface area contributed by atoms with E-state index in [0.717, 1.165) is 31.4 Å². The fourth-order valence-corrected chi connectivity index (χ4v) is 3.31. The van der Waals surface area contributed by atoms with Crippen molar-refractivity contribution in [3.63, 3.8) is 0 Å². The summed E-state index contributed by atoms with van der Waals surface area (Å²) in [5, 5.41) is 6.85. The van der Waals surface area contributed by atoms with Crippen molar-refractivity contribution in [2.24, 2.45) is 0 Å². The van der Waals surface area contributed by atoms with E-state index in [0.29, 0.717) is 11.5 Å². The van der Waals surface area contributed by atoms with Gasteiger partial charge in [0.2, 0.25) is 6.10 Å². The number of aromatic nitrogens is 2. The first-order valence-corrected chi connectivity index (χ1v) is 8.00. The Morgan fingerprint density at radius 3 is 2.96 bits per heavy atom. The third-order valence-corrected chi connectivity index (χ3v) is 4.47. The molecule has 0 saturated carbocycles. The highest BCUT2D eigenvalue weighted by atomic mass is 16.6. The number of fused-ring (bicyclic) bond motifs is 1. The van der Waals surface area contributed by atoms with Crippen LogP contribution in [0, 0.1) is 0 Å². The molecule has 0 spiro atoms. The molecule has 1 N–H and O–H groups in total. The van der Waals surface area contributed by atoms with Gasteiger partial charge in [-0.3, -0.25) is 9.89 Å². The van der Waals surface area contributed by atoms with E-state index in [1.807, 2.05) is 35.4 Å². The van der Waals surface area contributed by atoms with Crippen molar-refractivity contribution >= 4 is 5.91 Å². The van der Waals surface area contributed by atoms with Gasteiger partial charge in [-0.15, -0.1) is 0 Å². The summed E-state index contributed by atoms with van der Waals surface area (Å²) in [5.74, 6) is 1.32. The van der Waals surface area contributed by atoms with Crippen molar-refractivity contribution in [1.82, 2.24) is 15.1 Å². The van der Waals surface area contributed by atoms with Crippen molar-refractivity contribution < 1.29 is 14.3 Å². The van der Waals surface area contributed by atoms with Gasteiger partial charge in [-0.25, -0.2) is 0 Å². The Bertz CT molecular complexity index is 686. The molecule has 2 atom stereocenters. The third kappa shape index (κ3) is 2.65. The van der Waals surface area contributed by atoms with Gasteiger partial charge in [0.1, 0.15) is 6.61 Å². The largest absolute Gasteiger partial charge is 0.485 e. The van der Waals surface area contributed by atoms with Crippen molar-refractivity contribution in [2.75, 3.05) is 13.2 Å². The van der Waals surface area contributed by atoms with Gasteiger partial charge < -0.3 is 14.4 Å². The van der Waals surface area contributed by atoms with Gasteiger partial charge in [0.05, 0.1) is 12.2 Å². The van der Waals surface area contributed by atoms with E-state index in [1.165, 1.54) is 0 Å². The lowest BCUT2D eigenvalue weighted by atomic mass is 9.97. The van der Waals surface area contributed by atoms with Crippen LogP contribution >= 0.6 is 0 Å². The fraction of sp³-hybridized carbons (Fsp3) is 0.412. The molecule has 6 heteroatoms. The summed E-state index contributed by atoms with van der Waals surface area (Å²) in [7, 11) is 0. The SMILES string of the molecule is O=C(C1COc2ccccc2O1)N1CCCCC1c1cn[nH]c1. The second kappa shape index (κ2) is 5.95. The molecule has 0 radical (unpaired) electrons. The van der Waals surface area contributed by atoms with Gasteiger partial charge in [0.25, 0.3) is 5.91 Å². The number of amides is 1. The second-order valence-electron chi connectivity index (χ2n) is 5.94. The standard InChI is InChI=1S/C17H19N3O3/c21-17(16-11-22-14-6-1-2-7-15(14)23-16)20-8-4-3-5-13(20)12-9-18-19-10-12/h1-2,6-7,9-10,13,16H,3-5,8,11H2,(H,18,19). The normalized spacial score (nSPS) is 23.6. The van der Waals surface area contributed by atoms with E-state index in [1.54, 1.807) is 6.20 Å². The minimum Gasteiger partial charge on any atom is -0.485 e. The van der Waals surface area contributed by atoms with Gasteiger partial charge >= 0.3 is 0 Å². The lowest BCUT2D eigenvalue weighted by Gasteiger charge is -2.38. The number of nitrogens with one attached hydrogen (secondary N) is 1. The zero-order valence-electron chi connectivity index (χ0n) is 12.8. The van der Waals surface area contributed by atoms with E-state index >= 15 is 0 Å². The lowest BCUT2D eigenvalue weighted by molar-refractivity contribution is -0.145. The number of carbonyl (C=O) groups is 1. The number of benzene rings is 1. The van der Waals surface area contributed by atoms with Crippen LogP contribution in [0.1, 0.15) is 30.9 Å². The molecule has 1 saturated heterocycles. The van der Waals surface area contributed by atoms with Crippen LogP contribution in [0.4, 0.5) is 0 Å². The molecular formula is C17H19N3O3. The number of hydrogen-bond donors (Lipinski definition) is 1. The number of hydrogen-bond acceptors (Lipinski definition) is 4. The lowest BCUT2D eigenvalue weighted by Crippen LogP contribution is -2.49. The number of likely N-dealkylation sites (tertiary alicyclic amines) is 1. The van der Waals surface area contributed by atoms with Gasteiger partial charge in [0.15, 0.2) is 11.5 Å². The van der Waals surface area contributed by atoms with E-state index in [-0.39, 0.29) is 18.6 Å². The Kier molecular flexibility index (Phi) is 3.65. The Balaban J connectivity index is 1.54. The van der Waals surface area contributed by atoms with Crippen molar-refractivity contribution in [2.45, 2.75) is 31.4 Å². The van der Waals surface area contributed by atoms with Gasteiger partial charge in [-0.1, -0.05) is 12.1 Å². The number of rotatable bonds is 2. The summed E-state index contributed by atoms with van der Waals surface area (Å²) in [5.41, 5.74) is 1.05. The summed E-state index contributed by atoms with van der Waals surface area (Å²) < 4.78 is 11.6. The van der Waals surface area contributed by atoms with Crippen LogP contribution < -0.4 is 9.47 Å². The van der Waals surface area contributed by atoms with E-state index in [4.69, 9.17) is 9.47 Å². The van der Waals surface area contributed by atoms with Crippen LogP contribution in [0.25, 0.3) is 0 Å². The summed E-state index contributed by atoms with van der Waals surface area (Å²) in [6, 6.07) is 7.52. The summed E-state index contributed by atoms with van der Waals surface area (Å²) >= 11 is 0. The average molecular weight is 313 g/mol. The molecule has 1 fully saturated rings. The van der Waals surface area contributed by atoms with E-state index in [9.17, 15) is 4.79 Å². The molecular weight excluding hydrogens is 294 g/mol. The Morgan fingerprint density at radius 2 is 2.13 bits per heavy atom. The molecule has 6 nitrogen and oxygen atoms in total. The number of ether oxygens (including phenoxy) is 2. The summed E-state index contributed by atoms with van der Waals surface area (Å²) in [6.45, 7) is 1.00.